The SMILES string of the molecule is CC.CC#N.CNS(=O)(=O)c1ccc(Nc2nn(CC3CC3)c3cc[nH]c(=O)c23)cc1. The lowest BCUT2D eigenvalue weighted by Crippen LogP contribution is -2.18. The summed E-state index contributed by atoms with van der Waals surface area (Å²) in [5.74, 6) is 1.09. The van der Waals surface area contributed by atoms with Gasteiger partial charge in [-0.2, -0.15) is 10.4 Å². The zero-order valence-corrected chi connectivity index (χ0v) is 19.0. The summed E-state index contributed by atoms with van der Waals surface area (Å²) >= 11 is 0. The van der Waals surface area contributed by atoms with Crippen molar-refractivity contribution in [3.05, 3.63) is 46.9 Å². The summed E-state index contributed by atoms with van der Waals surface area (Å²) in [5, 5.41) is 15.5. The minimum atomic E-state index is -3.48. The third kappa shape index (κ3) is 5.93. The third-order valence-electron chi connectivity index (χ3n) is 4.50. The topological polar surface area (TPSA) is 133 Å². The second-order valence-corrected chi connectivity index (χ2v) is 8.51. The van der Waals surface area contributed by atoms with Gasteiger partial charge in [-0.3, -0.25) is 9.48 Å². The van der Waals surface area contributed by atoms with E-state index in [4.69, 9.17) is 5.26 Å². The van der Waals surface area contributed by atoms with Crippen LogP contribution in [-0.4, -0.2) is 30.2 Å². The van der Waals surface area contributed by atoms with Gasteiger partial charge in [0.25, 0.3) is 5.56 Å². The lowest BCUT2D eigenvalue weighted by Gasteiger charge is -2.06. The number of fused-ring (bicyclic) bond motifs is 1. The number of pyridine rings is 1. The van der Waals surface area contributed by atoms with E-state index in [9.17, 15) is 13.2 Å². The zero-order valence-electron chi connectivity index (χ0n) is 18.1. The van der Waals surface area contributed by atoms with Gasteiger partial charge in [0.05, 0.1) is 16.5 Å². The highest BCUT2D eigenvalue weighted by molar-refractivity contribution is 7.89. The van der Waals surface area contributed by atoms with Gasteiger partial charge in [-0.1, -0.05) is 13.8 Å². The first-order valence-corrected chi connectivity index (χ1v) is 11.6. The molecule has 1 aliphatic rings. The van der Waals surface area contributed by atoms with Crippen LogP contribution < -0.4 is 15.6 Å². The summed E-state index contributed by atoms with van der Waals surface area (Å²) in [4.78, 5) is 15.1. The summed E-state index contributed by atoms with van der Waals surface area (Å²) in [6.45, 7) is 6.22. The monoisotopic (exact) mass is 444 g/mol. The Bertz CT molecular complexity index is 1200. The van der Waals surface area contributed by atoms with E-state index in [1.165, 1.54) is 38.9 Å². The van der Waals surface area contributed by atoms with E-state index in [1.807, 2.05) is 24.6 Å². The van der Waals surface area contributed by atoms with E-state index in [1.54, 1.807) is 24.4 Å². The van der Waals surface area contributed by atoms with E-state index in [-0.39, 0.29) is 10.5 Å². The average Bonchev–Trinajstić information content (AvgIpc) is 3.52. The van der Waals surface area contributed by atoms with Crippen molar-refractivity contribution in [1.82, 2.24) is 19.5 Å². The largest absolute Gasteiger partial charge is 0.338 e. The molecule has 3 aromatic rings. The van der Waals surface area contributed by atoms with Gasteiger partial charge in [0.2, 0.25) is 10.0 Å². The Balaban J connectivity index is 0.000000630. The van der Waals surface area contributed by atoms with Crippen molar-refractivity contribution in [3.8, 4) is 6.07 Å². The van der Waals surface area contributed by atoms with Crippen molar-refractivity contribution >= 4 is 32.4 Å². The van der Waals surface area contributed by atoms with Gasteiger partial charge in [0.1, 0.15) is 5.39 Å². The first kappa shape index (κ1) is 24.1. The van der Waals surface area contributed by atoms with Gasteiger partial charge in [-0.25, -0.2) is 13.1 Å². The van der Waals surface area contributed by atoms with Crippen LogP contribution in [0.5, 0.6) is 0 Å². The second-order valence-electron chi connectivity index (χ2n) is 6.62. The van der Waals surface area contributed by atoms with E-state index >= 15 is 0 Å². The van der Waals surface area contributed by atoms with Crippen LogP contribution in [0, 0.1) is 17.2 Å². The van der Waals surface area contributed by atoms with Crippen molar-refractivity contribution in [3.63, 3.8) is 0 Å². The first-order valence-electron chi connectivity index (χ1n) is 10.1. The summed E-state index contributed by atoms with van der Waals surface area (Å²) in [6.07, 6.45) is 4.00. The summed E-state index contributed by atoms with van der Waals surface area (Å²) in [6, 6.07) is 9.89. The number of nitrogens with zero attached hydrogens (tertiary/aromatic N) is 3. The number of anilines is 2. The van der Waals surface area contributed by atoms with Crippen molar-refractivity contribution in [2.24, 2.45) is 5.92 Å². The fourth-order valence-corrected chi connectivity index (χ4v) is 3.61. The van der Waals surface area contributed by atoms with Gasteiger partial charge in [-0.15, -0.1) is 0 Å². The molecule has 3 N–H and O–H groups in total. The van der Waals surface area contributed by atoms with Crippen molar-refractivity contribution < 1.29 is 8.42 Å². The van der Waals surface area contributed by atoms with Crippen molar-refractivity contribution in [2.45, 2.75) is 45.1 Å². The van der Waals surface area contributed by atoms with Gasteiger partial charge < -0.3 is 10.3 Å². The molecule has 2 aromatic heterocycles. The maximum absolute atomic E-state index is 12.3. The van der Waals surface area contributed by atoms with Crippen LogP contribution in [0.3, 0.4) is 0 Å². The fourth-order valence-electron chi connectivity index (χ4n) is 2.88. The van der Waals surface area contributed by atoms with Crippen molar-refractivity contribution in [2.75, 3.05) is 12.4 Å². The molecule has 0 spiro atoms. The van der Waals surface area contributed by atoms with Crippen LogP contribution in [0.4, 0.5) is 11.5 Å². The molecule has 0 radical (unpaired) electrons. The molecule has 9 nitrogen and oxygen atoms in total. The maximum Gasteiger partial charge on any atom is 0.261 e. The number of benzene rings is 1. The number of nitrogens with one attached hydrogen (secondary N) is 3. The van der Waals surface area contributed by atoms with Gasteiger partial charge in [-0.05, 0) is 56.1 Å². The van der Waals surface area contributed by atoms with E-state index < -0.39 is 10.0 Å². The summed E-state index contributed by atoms with van der Waals surface area (Å²) in [5.41, 5.74) is 1.24. The number of rotatable bonds is 6. The summed E-state index contributed by atoms with van der Waals surface area (Å²) in [7, 11) is -2.12. The standard InChI is InChI=1S/C17H19N5O3S.C2H3N.C2H6/c1-18-26(24,25)13-6-4-12(5-7-13)20-16-15-14(8-9-19-17(15)23)22(21-16)10-11-2-3-11;1-2-3;1-2/h4-9,11,18H,2-3,10H2,1H3,(H,19,23)(H,20,21);1H3;1-2H3. The second kappa shape index (κ2) is 10.7. The molecule has 0 saturated heterocycles. The van der Waals surface area contributed by atoms with Gasteiger partial charge >= 0.3 is 0 Å². The molecule has 10 heteroatoms. The quantitative estimate of drug-likeness (QED) is 0.534. The molecule has 1 aromatic carbocycles. The lowest BCUT2D eigenvalue weighted by molar-refractivity contribution is 0.582. The van der Waals surface area contributed by atoms with Crippen LogP contribution in [-0.2, 0) is 16.6 Å². The molecule has 0 unspecified atom stereocenters. The molecule has 1 fully saturated rings. The number of sulfonamides is 1. The van der Waals surface area contributed by atoms with Gasteiger partial charge in [0, 0.05) is 25.4 Å². The highest BCUT2D eigenvalue weighted by atomic mass is 32.2. The fraction of sp³-hybridized carbons (Fsp3) is 0.381. The minimum absolute atomic E-state index is 0.174. The molecule has 0 bridgehead atoms. The minimum Gasteiger partial charge on any atom is -0.338 e. The number of nitriles is 1. The number of hydrogen-bond acceptors (Lipinski definition) is 6. The Morgan fingerprint density at radius 2 is 1.84 bits per heavy atom. The van der Waals surface area contributed by atoms with Crippen LogP contribution in [0.1, 0.15) is 33.6 Å². The number of H-pyrrole nitrogens is 1. The van der Waals surface area contributed by atoms with Crippen LogP contribution in [0.15, 0.2) is 46.2 Å². The van der Waals surface area contributed by atoms with E-state index in [2.05, 4.69) is 20.1 Å². The number of aromatic amines is 1. The molecule has 166 valence electrons. The Hall–Kier alpha value is -3.16. The molecule has 1 saturated carbocycles. The lowest BCUT2D eigenvalue weighted by atomic mass is 10.3. The molecule has 2 heterocycles. The first-order chi connectivity index (χ1) is 14.9. The average molecular weight is 445 g/mol. The van der Waals surface area contributed by atoms with Crippen LogP contribution >= 0.6 is 0 Å². The molecular weight excluding hydrogens is 416 g/mol. The Labute approximate surface area is 182 Å². The zero-order chi connectivity index (χ0) is 23.0. The Kier molecular flexibility index (Phi) is 8.36. The van der Waals surface area contributed by atoms with Crippen LogP contribution in [0.25, 0.3) is 10.9 Å². The molecule has 0 aliphatic heterocycles. The highest BCUT2D eigenvalue weighted by Gasteiger charge is 2.24. The molecule has 4 rings (SSSR count). The predicted molar refractivity (Wildman–Crippen MR) is 122 cm³/mol. The Morgan fingerprint density at radius 3 is 2.39 bits per heavy atom. The molecule has 0 atom stereocenters. The Morgan fingerprint density at radius 1 is 1.23 bits per heavy atom. The highest BCUT2D eigenvalue weighted by Crippen LogP contribution is 2.32. The normalized spacial score (nSPS) is 12.7. The molecule has 0 amide bonds. The predicted octanol–water partition coefficient (Wildman–Crippen LogP) is 3.34. The smallest absolute Gasteiger partial charge is 0.261 e. The molecule has 1 aliphatic carbocycles. The van der Waals surface area contributed by atoms with Crippen molar-refractivity contribution in [1.29, 1.82) is 5.26 Å². The van der Waals surface area contributed by atoms with Crippen LogP contribution in [0.2, 0.25) is 0 Å². The molecular formula is C21H28N6O3S. The summed E-state index contributed by atoms with van der Waals surface area (Å²) < 4.78 is 27.8. The molecule has 31 heavy (non-hydrogen) atoms. The number of aromatic nitrogens is 3. The number of hydrogen-bond donors (Lipinski definition) is 3. The van der Waals surface area contributed by atoms with Gasteiger partial charge in [0.15, 0.2) is 5.82 Å². The maximum atomic E-state index is 12.3. The van der Waals surface area contributed by atoms with E-state index in [0.29, 0.717) is 22.8 Å². The third-order valence-corrected chi connectivity index (χ3v) is 5.93. The van der Waals surface area contributed by atoms with E-state index in [0.717, 1.165) is 12.1 Å².